The Morgan fingerprint density at radius 2 is 1.20 bits per heavy atom. The van der Waals surface area contributed by atoms with Crippen molar-refractivity contribution in [3.8, 4) is 0 Å². The van der Waals surface area contributed by atoms with Crippen LogP contribution in [0.1, 0.15) is 12.8 Å². The van der Waals surface area contributed by atoms with Gasteiger partial charge in [0.2, 0.25) is 0 Å². The topological polar surface area (TPSA) is 132 Å². The molecule has 0 aliphatic carbocycles. The summed E-state index contributed by atoms with van der Waals surface area (Å²) in [7, 11) is 0. The molecule has 4 N–H and O–H groups in total. The summed E-state index contributed by atoms with van der Waals surface area (Å²) in [6, 6.07) is 0. The molecule has 0 saturated carbocycles. The summed E-state index contributed by atoms with van der Waals surface area (Å²) in [5.41, 5.74) is -2.74. The molecule has 0 bridgehead atoms. The molecule has 1 radical (unpaired) electrons. The summed E-state index contributed by atoms with van der Waals surface area (Å²) >= 11 is 0. The van der Waals surface area contributed by atoms with Gasteiger partial charge in [-0.1, -0.05) is 0 Å². The van der Waals surface area contributed by atoms with Crippen LogP contribution in [0, 0.1) is 0 Å². The van der Waals surface area contributed by atoms with Crippen LogP contribution in [-0.2, 0) is 36.8 Å². The third kappa shape index (κ3) is 8.54. The standard InChI is InChI=1S/C6H8O7.Au.K.H/c7-3(8)1-6(13,5(11)12)2-4(9)10;;;/h13H,1-2H2,(H,7,8)(H,9,10)(H,11,12);;;. The molecule has 0 saturated heterocycles. The van der Waals surface area contributed by atoms with E-state index in [1.54, 1.807) is 0 Å². The molecular weight excluding hydrogens is 420 g/mol. The van der Waals surface area contributed by atoms with Crippen molar-refractivity contribution in [3.63, 3.8) is 0 Å². The second-order valence-corrected chi connectivity index (χ2v) is 2.48. The summed E-state index contributed by atoms with van der Waals surface area (Å²) in [6.07, 6.45) is -2.29. The Kier molecular flexibility index (Phi) is 12.4. The van der Waals surface area contributed by atoms with E-state index in [-0.39, 0.29) is 73.8 Å². The van der Waals surface area contributed by atoms with E-state index in [2.05, 4.69) is 0 Å². The second-order valence-electron chi connectivity index (χ2n) is 2.48. The Labute approximate surface area is 143 Å². The number of carboxylic acids is 3. The molecule has 9 heteroatoms. The van der Waals surface area contributed by atoms with E-state index < -0.39 is 36.4 Å². The summed E-state index contributed by atoms with van der Waals surface area (Å²) in [5, 5.41) is 33.8. The molecule has 7 nitrogen and oxygen atoms in total. The van der Waals surface area contributed by atoms with Crippen LogP contribution in [0.4, 0.5) is 0 Å². The van der Waals surface area contributed by atoms with E-state index in [0.29, 0.717) is 0 Å². The van der Waals surface area contributed by atoms with Crippen LogP contribution in [0.5, 0.6) is 0 Å². The van der Waals surface area contributed by atoms with Crippen molar-refractivity contribution in [3.05, 3.63) is 0 Å². The summed E-state index contributed by atoms with van der Waals surface area (Å²) in [6.45, 7) is 0. The van der Waals surface area contributed by atoms with Gasteiger partial charge in [0.1, 0.15) is 0 Å². The van der Waals surface area contributed by atoms with Gasteiger partial charge in [0.15, 0.2) is 5.60 Å². The Balaban J connectivity index is -0.000000720. The van der Waals surface area contributed by atoms with Gasteiger partial charge in [-0.25, -0.2) is 4.79 Å². The fraction of sp³-hybridized carbons (Fsp3) is 0.500. The molecule has 0 aromatic rings. The Morgan fingerprint density at radius 3 is 1.33 bits per heavy atom. The van der Waals surface area contributed by atoms with Gasteiger partial charge in [-0.05, 0) is 0 Å². The van der Waals surface area contributed by atoms with E-state index in [1.165, 1.54) is 0 Å². The van der Waals surface area contributed by atoms with E-state index in [4.69, 9.17) is 20.4 Å². The number of carboxylic acid groups (broad SMARTS) is 3. The van der Waals surface area contributed by atoms with Crippen LogP contribution in [0.2, 0.25) is 0 Å². The molecule has 0 aromatic heterocycles. The molecule has 15 heavy (non-hydrogen) atoms. The Hall–Kier alpha value is 0.747. The number of aliphatic hydroxyl groups is 1. The van der Waals surface area contributed by atoms with Gasteiger partial charge < -0.3 is 20.4 Å². The number of aliphatic carboxylic acids is 3. The van der Waals surface area contributed by atoms with Gasteiger partial charge in [-0.3, -0.25) is 9.59 Å². The average Bonchev–Trinajstić information content (AvgIpc) is 1.82. The Bertz CT molecular complexity index is 238. The first-order valence-corrected chi connectivity index (χ1v) is 3.17. The predicted molar refractivity (Wildman–Crippen MR) is 44.2 cm³/mol. The number of hydrogen-bond acceptors (Lipinski definition) is 4. The van der Waals surface area contributed by atoms with Crippen molar-refractivity contribution in [1.82, 2.24) is 0 Å². The van der Waals surface area contributed by atoms with Crippen LogP contribution in [0.3, 0.4) is 0 Å². The molecule has 0 aliphatic rings. The molecule has 0 amide bonds. The van der Waals surface area contributed by atoms with Crippen molar-refractivity contribution in [1.29, 1.82) is 0 Å². The molecule has 0 aliphatic heterocycles. The first-order chi connectivity index (χ1) is 5.78. The molecule has 0 fully saturated rings. The van der Waals surface area contributed by atoms with Crippen LogP contribution in [-0.4, -0.2) is 95.3 Å². The molecule has 0 rings (SSSR count). The van der Waals surface area contributed by atoms with Crippen molar-refractivity contribution in [2.75, 3.05) is 0 Å². The zero-order chi connectivity index (χ0) is 10.6. The van der Waals surface area contributed by atoms with Crippen molar-refractivity contribution in [2.45, 2.75) is 18.4 Å². The molecular formula is C6H9AuKO7. The molecule has 0 atom stereocenters. The van der Waals surface area contributed by atoms with E-state index >= 15 is 0 Å². The van der Waals surface area contributed by atoms with Crippen molar-refractivity contribution in [2.24, 2.45) is 0 Å². The average molecular weight is 429 g/mol. The van der Waals surface area contributed by atoms with E-state index in [0.717, 1.165) is 0 Å². The third-order valence-electron chi connectivity index (χ3n) is 1.29. The molecule has 0 spiro atoms. The van der Waals surface area contributed by atoms with Gasteiger partial charge in [-0.15, -0.1) is 0 Å². The van der Waals surface area contributed by atoms with E-state index in [9.17, 15) is 14.4 Å². The van der Waals surface area contributed by atoms with Crippen molar-refractivity contribution < 1.29 is 57.2 Å². The predicted octanol–water partition coefficient (Wildman–Crippen LogP) is -1.90. The minimum atomic E-state index is -2.74. The second kappa shape index (κ2) is 8.85. The van der Waals surface area contributed by atoms with Gasteiger partial charge in [-0.2, -0.15) is 0 Å². The minimum absolute atomic E-state index is 0. The fourth-order valence-electron chi connectivity index (χ4n) is 0.714. The third-order valence-corrected chi connectivity index (χ3v) is 1.29. The van der Waals surface area contributed by atoms with Gasteiger partial charge in [0.05, 0.1) is 12.8 Å². The van der Waals surface area contributed by atoms with Crippen LogP contribution < -0.4 is 0 Å². The molecule has 0 heterocycles. The fourth-order valence-corrected chi connectivity index (χ4v) is 0.714. The summed E-state index contributed by atoms with van der Waals surface area (Å²) in [4.78, 5) is 30.5. The number of rotatable bonds is 5. The van der Waals surface area contributed by atoms with Gasteiger partial charge in [0, 0.05) is 22.4 Å². The molecule has 0 aromatic carbocycles. The van der Waals surface area contributed by atoms with Gasteiger partial charge in [0.25, 0.3) is 0 Å². The maximum atomic E-state index is 10.3. The normalized spacial score (nSPS) is 9.40. The molecule has 0 unspecified atom stereocenters. The monoisotopic (exact) mass is 429 g/mol. The quantitative estimate of drug-likeness (QED) is 0.376. The summed E-state index contributed by atoms with van der Waals surface area (Å²) < 4.78 is 0. The first kappa shape index (κ1) is 21.1. The SMILES string of the molecule is O=C(O)CC(O)(CC(=O)O)C(=O)O.[Au].[KH]. The molecule has 87 valence electrons. The van der Waals surface area contributed by atoms with Gasteiger partial charge >= 0.3 is 69.3 Å². The van der Waals surface area contributed by atoms with Crippen LogP contribution in [0.25, 0.3) is 0 Å². The number of carbonyl (C=O) groups is 3. The number of hydrogen-bond donors (Lipinski definition) is 4. The zero-order valence-corrected chi connectivity index (χ0v) is 8.90. The van der Waals surface area contributed by atoms with E-state index in [1.807, 2.05) is 0 Å². The maximum absolute atomic E-state index is 10.3. The Morgan fingerprint density at radius 1 is 0.933 bits per heavy atom. The zero-order valence-electron chi connectivity index (χ0n) is 6.73. The van der Waals surface area contributed by atoms with Crippen LogP contribution in [0.15, 0.2) is 0 Å². The first-order valence-electron chi connectivity index (χ1n) is 3.17. The van der Waals surface area contributed by atoms with Crippen molar-refractivity contribution >= 4 is 69.3 Å². The van der Waals surface area contributed by atoms with Crippen LogP contribution >= 0.6 is 0 Å². The summed E-state index contributed by atoms with van der Waals surface area (Å²) in [5.74, 6) is -5.02.